The lowest BCUT2D eigenvalue weighted by Crippen LogP contribution is -2.22. The molecule has 1 N–H and O–H groups in total. The van der Waals surface area contributed by atoms with Crippen molar-refractivity contribution in [3.8, 4) is 0 Å². The van der Waals surface area contributed by atoms with E-state index in [1.54, 1.807) is 19.2 Å². The van der Waals surface area contributed by atoms with Crippen molar-refractivity contribution in [1.29, 1.82) is 5.41 Å². The van der Waals surface area contributed by atoms with E-state index in [1.807, 2.05) is 18.0 Å². The summed E-state index contributed by atoms with van der Waals surface area (Å²) in [5, 5.41) is 7.87. The second-order valence-electron chi connectivity index (χ2n) is 2.93. The molecule has 0 unspecified atom stereocenters. The van der Waals surface area contributed by atoms with Gasteiger partial charge in [0.15, 0.2) is 0 Å². The minimum absolute atomic E-state index is 0. The Bertz CT molecular complexity index is 297. The summed E-state index contributed by atoms with van der Waals surface area (Å²) in [6.45, 7) is 2.45. The zero-order valence-electron chi connectivity index (χ0n) is 8.12. The van der Waals surface area contributed by atoms with Crippen LogP contribution >= 0.6 is 24.0 Å². The smallest absolute Gasteiger partial charge is 0.129 e. The van der Waals surface area contributed by atoms with Crippen LogP contribution in [0.1, 0.15) is 12.5 Å². The minimum atomic E-state index is 0. The molecule has 0 aliphatic rings. The van der Waals surface area contributed by atoms with E-state index in [1.165, 1.54) is 0 Å². The van der Waals surface area contributed by atoms with Crippen molar-refractivity contribution in [3.63, 3.8) is 0 Å². The van der Waals surface area contributed by atoms with Crippen molar-refractivity contribution >= 4 is 29.8 Å². The van der Waals surface area contributed by atoms with Gasteiger partial charge in [-0.25, -0.2) is 4.98 Å². The van der Waals surface area contributed by atoms with Gasteiger partial charge in [-0.1, -0.05) is 17.7 Å². The molecular formula is C9H13Cl2N3. The van der Waals surface area contributed by atoms with Crippen LogP contribution in [0.5, 0.6) is 0 Å². The Morgan fingerprint density at radius 2 is 2.21 bits per heavy atom. The van der Waals surface area contributed by atoms with Gasteiger partial charge < -0.3 is 4.90 Å². The zero-order chi connectivity index (χ0) is 9.84. The summed E-state index contributed by atoms with van der Waals surface area (Å²) in [6.07, 6.45) is 1.72. The normalized spacial score (nSPS) is 9.07. The predicted octanol–water partition coefficient (Wildman–Crippen LogP) is 2.59. The molecule has 1 heterocycles. The summed E-state index contributed by atoms with van der Waals surface area (Å²) in [4.78, 5) is 5.80. The van der Waals surface area contributed by atoms with E-state index in [-0.39, 0.29) is 12.4 Å². The molecule has 1 aromatic heterocycles. The third kappa shape index (κ3) is 3.94. The summed E-state index contributed by atoms with van der Waals surface area (Å²) in [7, 11) is 1.87. The van der Waals surface area contributed by atoms with Gasteiger partial charge in [0.05, 0.1) is 5.84 Å². The van der Waals surface area contributed by atoms with E-state index < -0.39 is 0 Å². The summed E-state index contributed by atoms with van der Waals surface area (Å²) in [6, 6.07) is 3.67. The van der Waals surface area contributed by atoms with Gasteiger partial charge in [-0.2, -0.15) is 0 Å². The van der Waals surface area contributed by atoms with Crippen LogP contribution in [0.2, 0.25) is 5.15 Å². The van der Waals surface area contributed by atoms with Crippen molar-refractivity contribution in [3.05, 3.63) is 29.0 Å². The molecule has 0 amide bonds. The zero-order valence-corrected chi connectivity index (χ0v) is 9.69. The summed E-state index contributed by atoms with van der Waals surface area (Å²) in [5.41, 5.74) is 1.05. The minimum Gasteiger partial charge on any atom is -0.359 e. The fourth-order valence-corrected chi connectivity index (χ4v) is 1.00. The predicted molar refractivity (Wildman–Crippen MR) is 61.4 cm³/mol. The molecule has 0 atom stereocenters. The second kappa shape index (κ2) is 5.83. The average molecular weight is 234 g/mol. The van der Waals surface area contributed by atoms with Crippen LogP contribution in [0, 0.1) is 5.41 Å². The molecule has 0 saturated heterocycles. The van der Waals surface area contributed by atoms with E-state index in [4.69, 9.17) is 17.0 Å². The number of nitrogens with zero attached hydrogens (tertiary/aromatic N) is 2. The van der Waals surface area contributed by atoms with Gasteiger partial charge in [0.1, 0.15) is 5.15 Å². The van der Waals surface area contributed by atoms with Crippen LogP contribution in [-0.4, -0.2) is 22.8 Å². The molecule has 0 aromatic carbocycles. The van der Waals surface area contributed by atoms with E-state index in [2.05, 4.69) is 4.98 Å². The molecule has 0 saturated carbocycles. The van der Waals surface area contributed by atoms with Crippen molar-refractivity contribution in [2.75, 3.05) is 7.05 Å². The lowest BCUT2D eigenvalue weighted by molar-refractivity contribution is 0.493. The SMILES string of the molecule is CC(=N)N(C)Cc1ccc(Cl)nc1.Cl. The van der Waals surface area contributed by atoms with Crippen LogP contribution in [0.4, 0.5) is 0 Å². The number of hydrogen-bond donors (Lipinski definition) is 1. The third-order valence-electron chi connectivity index (χ3n) is 1.78. The van der Waals surface area contributed by atoms with Crippen LogP contribution in [0.25, 0.3) is 0 Å². The number of hydrogen-bond acceptors (Lipinski definition) is 2. The first-order valence-corrected chi connectivity index (χ1v) is 4.34. The van der Waals surface area contributed by atoms with E-state index >= 15 is 0 Å². The number of amidine groups is 1. The van der Waals surface area contributed by atoms with E-state index in [0.717, 1.165) is 5.56 Å². The molecule has 0 radical (unpaired) electrons. The lowest BCUT2D eigenvalue weighted by atomic mass is 10.3. The third-order valence-corrected chi connectivity index (χ3v) is 2.00. The maximum atomic E-state index is 7.37. The molecular weight excluding hydrogens is 221 g/mol. The topological polar surface area (TPSA) is 40.0 Å². The average Bonchev–Trinajstić information content (AvgIpc) is 2.08. The Hall–Kier alpha value is -0.800. The molecule has 0 fully saturated rings. The highest BCUT2D eigenvalue weighted by Crippen LogP contribution is 2.06. The fourth-order valence-electron chi connectivity index (χ4n) is 0.892. The Balaban J connectivity index is 0.00000169. The monoisotopic (exact) mass is 233 g/mol. The first kappa shape index (κ1) is 13.2. The molecule has 3 nitrogen and oxygen atoms in total. The molecule has 1 rings (SSSR count). The first-order valence-electron chi connectivity index (χ1n) is 3.96. The second-order valence-corrected chi connectivity index (χ2v) is 3.32. The highest BCUT2D eigenvalue weighted by atomic mass is 35.5. The Morgan fingerprint density at radius 1 is 1.57 bits per heavy atom. The molecule has 14 heavy (non-hydrogen) atoms. The largest absolute Gasteiger partial charge is 0.359 e. The van der Waals surface area contributed by atoms with Gasteiger partial charge in [0.25, 0.3) is 0 Å². The summed E-state index contributed by atoms with van der Waals surface area (Å²) < 4.78 is 0. The Kier molecular flexibility index (Phi) is 5.50. The molecule has 1 aromatic rings. The first-order chi connectivity index (χ1) is 6.09. The highest BCUT2D eigenvalue weighted by Gasteiger charge is 2.00. The van der Waals surface area contributed by atoms with E-state index in [0.29, 0.717) is 17.5 Å². The molecule has 0 aliphatic heterocycles. The summed E-state index contributed by atoms with van der Waals surface area (Å²) in [5.74, 6) is 0.537. The van der Waals surface area contributed by atoms with Gasteiger partial charge >= 0.3 is 0 Å². The number of nitrogens with one attached hydrogen (secondary N) is 1. The van der Waals surface area contributed by atoms with Crippen molar-refractivity contribution in [2.45, 2.75) is 13.5 Å². The fraction of sp³-hybridized carbons (Fsp3) is 0.333. The summed E-state index contributed by atoms with van der Waals surface area (Å²) >= 11 is 5.64. The lowest BCUT2D eigenvalue weighted by Gasteiger charge is -2.16. The van der Waals surface area contributed by atoms with Crippen LogP contribution < -0.4 is 0 Å². The van der Waals surface area contributed by atoms with Crippen LogP contribution in [0.3, 0.4) is 0 Å². The van der Waals surface area contributed by atoms with E-state index in [9.17, 15) is 0 Å². The number of halogens is 2. The Morgan fingerprint density at radius 3 is 2.64 bits per heavy atom. The van der Waals surface area contributed by atoms with Gasteiger partial charge in [0.2, 0.25) is 0 Å². The van der Waals surface area contributed by atoms with Gasteiger partial charge in [-0.15, -0.1) is 12.4 Å². The quantitative estimate of drug-likeness (QED) is 0.485. The molecule has 5 heteroatoms. The highest BCUT2D eigenvalue weighted by molar-refractivity contribution is 6.29. The van der Waals surface area contributed by atoms with Crippen molar-refractivity contribution < 1.29 is 0 Å². The standard InChI is InChI=1S/C9H12ClN3.ClH/c1-7(11)13(2)6-8-3-4-9(10)12-5-8;/h3-5,11H,6H2,1-2H3;1H. The van der Waals surface area contributed by atoms with Crippen molar-refractivity contribution in [1.82, 2.24) is 9.88 Å². The number of rotatable bonds is 2. The maximum absolute atomic E-state index is 7.37. The van der Waals surface area contributed by atoms with Crippen LogP contribution in [0.15, 0.2) is 18.3 Å². The number of aromatic nitrogens is 1. The van der Waals surface area contributed by atoms with Gasteiger partial charge in [-0.3, -0.25) is 5.41 Å². The van der Waals surface area contributed by atoms with Crippen LogP contribution in [-0.2, 0) is 6.54 Å². The number of pyridine rings is 1. The molecule has 0 aliphatic carbocycles. The van der Waals surface area contributed by atoms with Gasteiger partial charge in [0, 0.05) is 19.8 Å². The molecule has 0 spiro atoms. The Labute approximate surface area is 95.0 Å². The molecule has 0 bridgehead atoms. The maximum Gasteiger partial charge on any atom is 0.129 e. The molecule has 78 valence electrons. The van der Waals surface area contributed by atoms with Gasteiger partial charge in [-0.05, 0) is 18.6 Å². The van der Waals surface area contributed by atoms with Crippen molar-refractivity contribution in [2.24, 2.45) is 0 Å².